The van der Waals surface area contributed by atoms with Crippen molar-refractivity contribution in [3.8, 4) is 0 Å². The van der Waals surface area contributed by atoms with Crippen LogP contribution in [0.5, 0.6) is 0 Å². The van der Waals surface area contributed by atoms with Gasteiger partial charge in [0.1, 0.15) is 0 Å². The predicted molar refractivity (Wildman–Crippen MR) is 63.6 cm³/mol. The van der Waals surface area contributed by atoms with Gasteiger partial charge >= 0.3 is 0 Å². The molecule has 90 valence electrons. The first kappa shape index (κ1) is 11.9. The Hall–Kier alpha value is -0.580. The number of aromatic nitrogens is 2. The third-order valence-electron chi connectivity index (χ3n) is 3.04. The Bertz CT molecular complexity index is 358. The van der Waals surface area contributed by atoms with E-state index in [0.29, 0.717) is 6.04 Å². The standard InChI is InChI=1S/C11H18ClN3O/c1-8-11(12)10(15(2)14-8)7-13-9-3-5-16-6-4-9/h9,13H,3-7H2,1-2H3. The number of halogens is 1. The molecule has 16 heavy (non-hydrogen) atoms. The Labute approximate surface area is 101 Å². The third kappa shape index (κ3) is 2.56. The number of hydrogen-bond acceptors (Lipinski definition) is 3. The van der Waals surface area contributed by atoms with Crippen LogP contribution in [0.1, 0.15) is 24.2 Å². The molecule has 0 bridgehead atoms. The van der Waals surface area contributed by atoms with Gasteiger partial charge in [0, 0.05) is 32.8 Å². The largest absolute Gasteiger partial charge is 0.381 e. The Morgan fingerprint density at radius 2 is 2.19 bits per heavy atom. The summed E-state index contributed by atoms with van der Waals surface area (Å²) < 4.78 is 7.17. The summed E-state index contributed by atoms with van der Waals surface area (Å²) in [5.41, 5.74) is 1.96. The van der Waals surface area contributed by atoms with Gasteiger partial charge in [0.05, 0.1) is 16.4 Å². The minimum Gasteiger partial charge on any atom is -0.381 e. The molecule has 1 aliphatic heterocycles. The van der Waals surface area contributed by atoms with Crippen molar-refractivity contribution in [1.29, 1.82) is 0 Å². The molecule has 0 aliphatic carbocycles. The number of nitrogens with zero attached hydrogens (tertiary/aromatic N) is 2. The molecule has 0 atom stereocenters. The lowest BCUT2D eigenvalue weighted by Gasteiger charge is -2.23. The highest BCUT2D eigenvalue weighted by Crippen LogP contribution is 2.19. The second-order valence-electron chi connectivity index (χ2n) is 4.24. The molecule has 0 aromatic carbocycles. The van der Waals surface area contributed by atoms with E-state index in [1.54, 1.807) is 0 Å². The van der Waals surface area contributed by atoms with Crippen molar-refractivity contribution < 1.29 is 4.74 Å². The van der Waals surface area contributed by atoms with E-state index in [1.807, 2.05) is 18.7 Å². The number of ether oxygens (including phenoxy) is 1. The molecule has 0 spiro atoms. The molecule has 1 N–H and O–H groups in total. The van der Waals surface area contributed by atoms with E-state index < -0.39 is 0 Å². The average molecular weight is 244 g/mol. The van der Waals surface area contributed by atoms with Crippen LogP contribution >= 0.6 is 11.6 Å². The molecule has 0 amide bonds. The van der Waals surface area contributed by atoms with Gasteiger partial charge in [-0.25, -0.2) is 0 Å². The zero-order chi connectivity index (χ0) is 11.5. The lowest BCUT2D eigenvalue weighted by atomic mass is 10.1. The van der Waals surface area contributed by atoms with E-state index >= 15 is 0 Å². The molecule has 1 aliphatic rings. The van der Waals surface area contributed by atoms with Gasteiger partial charge in [0.25, 0.3) is 0 Å². The first-order valence-corrected chi connectivity index (χ1v) is 6.05. The van der Waals surface area contributed by atoms with Gasteiger partial charge < -0.3 is 10.1 Å². The van der Waals surface area contributed by atoms with Crippen molar-refractivity contribution in [3.63, 3.8) is 0 Å². The molecule has 5 heteroatoms. The van der Waals surface area contributed by atoms with Crippen LogP contribution in [-0.2, 0) is 18.3 Å². The third-order valence-corrected chi connectivity index (χ3v) is 3.53. The summed E-state index contributed by atoms with van der Waals surface area (Å²) in [7, 11) is 1.93. The summed E-state index contributed by atoms with van der Waals surface area (Å²) >= 11 is 6.18. The van der Waals surface area contributed by atoms with Crippen LogP contribution in [0.3, 0.4) is 0 Å². The van der Waals surface area contributed by atoms with E-state index in [9.17, 15) is 0 Å². The Morgan fingerprint density at radius 3 is 2.75 bits per heavy atom. The van der Waals surface area contributed by atoms with E-state index in [2.05, 4.69) is 10.4 Å². The second kappa shape index (κ2) is 5.17. The van der Waals surface area contributed by atoms with Crippen molar-refractivity contribution in [2.45, 2.75) is 32.4 Å². The number of nitrogens with one attached hydrogen (secondary N) is 1. The van der Waals surface area contributed by atoms with E-state index in [0.717, 1.165) is 49.0 Å². The summed E-state index contributed by atoms with van der Waals surface area (Å²) in [5.74, 6) is 0. The average Bonchev–Trinajstić information content (AvgIpc) is 2.53. The SMILES string of the molecule is Cc1nn(C)c(CNC2CCOCC2)c1Cl. The fraction of sp³-hybridized carbons (Fsp3) is 0.727. The fourth-order valence-corrected chi connectivity index (χ4v) is 2.24. The molecule has 0 unspecified atom stereocenters. The van der Waals surface area contributed by atoms with E-state index in [1.165, 1.54) is 0 Å². The first-order valence-electron chi connectivity index (χ1n) is 5.67. The van der Waals surface area contributed by atoms with Crippen LogP contribution < -0.4 is 5.32 Å². The van der Waals surface area contributed by atoms with Crippen LogP contribution in [0.15, 0.2) is 0 Å². The van der Waals surface area contributed by atoms with Crippen molar-refractivity contribution in [2.24, 2.45) is 7.05 Å². The highest BCUT2D eigenvalue weighted by atomic mass is 35.5. The predicted octanol–water partition coefficient (Wildman–Crippen LogP) is 1.65. The lowest BCUT2D eigenvalue weighted by Crippen LogP contribution is -2.34. The summed E-state index contributed by atoms with van der Waals surface area (Å²) in [6, 6.07) is 0.542. The summed E-state index contributed by atoms with van der Waals surface area (Å²) in [6.45, 7) is 4.42. The topological polar surface area (TPSA) is 39.1 Å². The smallest absolute Gasteiger partial charge is 0.0860 e. The molecule has 1 aromatic rings. The van der Waals surface area contributed by atoms with Crippen molar-refractivity contribution >= 4 is 11.6 Å². The van der Waals surface area contributed by atoms with Crippen LogP contribution in [0.4, 0.5) is 0 Å². The molecular formula is C11H18ClN3O. The molecule has 1 saturated heterocycles. The molecule has 1 aromatic heterocycles. The zero-order valence-electron chi connectivity index (χ0n) is 9.79. The highest BCUT2D eigenvalue weighted by Gasteiger charge is 2.16. The minimum atomic E-state index is 0.542. The first-order chi connectivity index (χ1) is 7.68. The van der Waals surface area contributed by atoms with Gasteiger partial charge in [-0.3, -0.25) is 4.68 Å². The lowest BCUT2D eigenvalue weighted by molar-refractivity contribution is 0.0774. The summed E-state index contributed by atoms with van der Waals surface area (Å²) in [4.78, 5) is 0. The minimum absolute atomic E-state index is 0.542. The Morgan fingerprint density at radius 1 is 1.50 bits per heavy atom. The van der Waals surface area contributed by atoms with Gasteiger partial charge in [0.15, 0.2) is 0 Å². The Kier molecular flexibility index (Phi) is 3.84. The molecule has 0 saturated carbocycles. The van der Waals surface area contributed by atoms with Crippen molar-refractivity contribution in [1.82, 2.24) is 15.1 Å². The number of rotatable bonds is 3. The molecule has 2 heterocycles. The van der Waals surface area contributed by atoms with Gasteiger partial charge in [-0.05, 0) is 19.8 Å². The summed E-state index contributed by atoms with van der Waals surface area (Å²) in [5, 5.41) is 8.58. The maximum atomic E-state index is 6.18. The van der Waals surface area contributed by atoms with Gasteiger partial charge in [-0.2, -0.15) is 5.10 Å². The maximum Gasteiger partial charge on any atom is 0.0860 e. The van der Waals surface area contributed by atoms with Crippen molar-refractivity contribution in [2.75, 3.05) is 13.2 Å². The molecular weight excluding hydrogens is 226 g/mol. The van der Waals surface area contributed by atoms with Crippen LogP contribution in [0.2, 0.25) is 5.02 Å². The Balaban J connectivity index is 1.93. The quantitative estimate of drug-likeness (QED) is 0.878. The van der Waals surface area contributed by atoms with E-state index in [4.69, 9.17) is 16.3 Å². The van der Waals surface area contributed by atoms with Crippen LogP contribution in [-0.4, -0.2) is 29.0 Å². The van der Waals surface area contributed by atoms with Crippen molar-refractivity contribution in [3.05, 3.63) is 16.4 Å². The van der Waals surface area contributed by atoms with Gasteiger partial charge in [-0.15, -0.1) is 0 Å². The molecule has 4 nitrogen and oxygen atoms in total. The van der Waals surface area contributed by atoms with Crippen LogP contribution in [0.25, 0.3) is 0 Å². The van der Waals surface area contributed by atoms with Crippen LogP contribution in [0, 0.1) is 6.92 Å². The highest BCUT2D eigenvalue weighted by molar-refractivity contribution is 6.31. The van der Waals surface area contributed by atoms with Gasteiger partial charge in [0.2, 0.25) is 0 Å². The van der Waals surface area contributed by atoms with Gasteiger partial charge in [-0.1, -0.05) is 11.6 Å². The summed E-state index contributed by atoms with van der Waals surface area (Å²) in [6.07, 6.45) is 2.16. The zero-order valence-corrected chi connectivity index (χ0v) is 10.5. The number of aryl methyl sites for hydroxylation is 2. The molecule has 0 radical (unpaired) electrons. The molecule has 1 fully saturated rings. The monoisotopic (exact) mass is 243 g/mol. The number of hydrogen-bond donors (Lipinski definition) is 1. The normalized spacial score (nSPS) is 17.9. The fourth-order valence-electron chi connectivity index (χ4n) is 2.01. The maximum absolute atomic E-state index is 6.18. The molecule has 2 rings (SSSR count). The second-order valence-corrected chi connectivity index (χ2v) is 4.62. The van der Waals surface area contributed by atoms with E-state index in [-0.39, 0.29) is 0 Å².